The molecule has 3 aromatic heterocycles. The van der Waals surface area contributed by atoms with Crippen molar-refractivity contribution in [3.63, 3.8) is 0 Å². The van der Waals surface area contributed by atoms with Gasteiger partial charge in [0.2, 0.25) is 5.95 Å². The average Bonchev–Trinajstić information content (AvgIpc) is 3.08. The molecule has 0 spiro atoms. The SMILES string of the molecule is CCOC(=O)c1nc(NCc2cncc(OC)c2)nc2ccsc12. The van der Waals surface area contributed by atoms with Crippen molar-refractivity contribution in [2.75, 3.05) is 19.0 Å². The number of hydrogen-bond donors (Lipinski definition) is 1. The van der Waals surface area contributed by atoms with Crippen LogP contribution in [0, 0.1) is 0 Å². The van der Waals surface area contributed by atoms with E-state index in [1.54, 1.807) is 26.4 Å². The quantitative estimate of drug-likeness (QED) is 0.688. The van der Waals surface area contributed by atoms with Crippen molar-refractivity contribution < 1.29 is 14.3 Å². The Hall–Kier alpha value is -2.74. The molecule has 0 fully saturated rings. The minimum atomic E-state index is -0.446. The number of fused-ring (bicyclic) bond motifs is 1. The maximum absolute atomic E-state index is 12.1. The molecule has 1 N–H and O–H groups in total. The molecule has 0 bridgehead atoms. The smallest absolute Gasteiger partial charge is 0.358 e. The fourth-order valence-electron chi connectivity index (χ4n) is 2.13. The molecule has 0 saturated carbocycles. The van der Waals surface area contributed by atoms with Crippen LogP contribution in [0.5, 0.6) is 5.75 Å². The van der Waals surface area contributed by atoms with Crippen LogP contribution in [0.2, 0.25) is 0 Å². The number of rotatable bonds is 6. The first-order valence-corrected chi connectivity index (χ1v) is 8.23. The van der Waals surface area contributed by atoms with Crippen LogP contribution in [0.1, 0.15) is 23.0 Å². The number of methoxy groups -OCH3 is 1. The van der Waals surface area contributed by atoms with E-state index < -0.39 is 5.97 Å². The minimum absolute atomic E-state index is 0.281. The monoisotopic (exact) mass is 344 g/mol. The number of carbonyl (C=O) groups excluding carboxylic acids is 1. The molecule has 0 aliphatic carbocycles. The van der Waals surface area contributed by atoms with Crippen molar-refractivity contribution in [3.8, 4) is 5.75 Å². The fourth-order valence-corrected chi connectivity index (χ4v) is 2.94. The van der Waals surface area contributed by atoms with Gasteiger partial charge in [-0.1, -0.05) is 0 Å². The third-order valence-electron chi connectivity index (χ3n) is 3.23. The number of nitrogens with one attached hydrogen (secondary N) is 1. The lowest BCUT2D eigenvalue weighted by molar-refractivity contribution is 0.0522. The van der Waals surface area contributed by atoms with E-state index in [4.69, 9.17) is 9.47 Å². The summed E-state index contributed by atoms with van der Waals surface area (Å²) in [6.07, 6.45) is 3.36. The Kier molecular flexibility index (Phi) is 4.85. The summed E-state index contributed by atoms with van der Waals surface area (Å²) >= 11 is 1.42. The Balaban J connectivity index is 1.85. The number of pyridine rings is 1. The summed E-state index contributed by atoms with van der Waals surface area (Å²) < 4.78 is 11.0. The van der Waals surface area contributed by atoms with Gasteiger partial charge in [0, 0.05) is 12.7 Å². The van der Waals surface area contributed by atoms with Gasteiger partial charge in [0.05, 0.1) is 30.1 Å². The van der Waals surface area contributed by atoms with E-state index in [9.17, 15) is 4.79 Å². The van der Waals surface area contributed by atoms with Gasteiger partial charge in [-0.25, -0.2) is 14.8 Å². The van der Waals surface area contributed by atoms with Crippen LogP contribution in [0.25, 0.3) is 10.2 Å². The van der Waals surface area contributed by atoms with Crippen molar-refractivity contribution in [3.05, 3.63) is 41.2 Å². The molecule has 0 saturated heterocycles. The van der Waals surface area contributed by atoms with Crippen LogP contribution in [-0.2, 0) is 11.3 Å². The fraction of sp³-hybridized carbons (Fsp3) is 0.250. The molecule has 0 radical (unpaired) electrons. The highest BCUT2D eigenvalue weighted by molar-refractivity contribution is 7.17. The molecule has 0 aliphatic heterocycles. The van der Waals surface area contributed by atoms with Gasteiger partial charge >= 0.3 is 5.97 Å². The molecule has 0 amide bonds. The third-order valence-corrected chi connectivity index (χ3v) is 4.14. The van der Waals surface area contributed by atoms with E-state index in [0.717, 1.165) is 10.3 Å². The minimum Gasteiger partial charge on any atom is -0.495 e. The second-order valence-corrected chi connectivity index (χ2v) is 5.75. The number of aromatic nitrogens is 3. The van der Waals surface area contributed by atoms with Crippen LogP contribution in [0.3, 0.4) is 0 Å². The Bertz CT molecular complexity index is 865. The summed E-state index contributed by atoms with van der Waals surface area (Å²) in [5.74, 6) is 0.598. The van der Waals surface area contributed by atoms with Gasteiger partial charge in [0.15, 0.2) is 5.69 Å². The summed E-state index contributed by atoms with van der Waals surface area (Å²) in [4.78, 5) is 24.9. The van der Waals surface area contributed by atoms with Crippen molar-refractivity contribution >= 4 is 33.5 Å². The van der Waals surface area contributed by atoms with E-state index in [0.29, 0.717) is 30.4 Å². The number of nitrogens with zero attached hydrogens (tertiary/aromatic N) is 3. The molecular weight excluding hydrogens is 328 g/mol. The molecule has 0 aromatic carbocycles. The largest absolute Gasteiger partial charge is 0.495 e. The van der Waals surface area contributed by atoms with E-state index in [2.05, 4.69) is 20.3 Å². The van der Waals surface area contributed by atoms with Crippen LogP contribution >= 0.6 is 11.3 Å². The maximum atomic E-state index is 12.1. The van der Waals surface area contributed by atoms with Crippen LogP contribution in [0.15, 0.2) is 29.9 Å². The predicted molar refractivity (Wildman–Crippen MR) is 91.5 cm³/mol. The highest BCUT2D eigenvalue weighted by atomic mass is 32.1. The number of ether oxygens (including phenoxy) is 2. The molecule has 0 unspecified atom stereocenters. The topological polar surface area (TPSA) is 86.2 Å². The third kappa shape index (κ3) is 3.43. The van der Waals surface area contributed by atoms with Crippen molar-refractivity contribution in [2.24, 2.45) is 0 Å². The summed E-state index contributed by atoms with van der Waals surface area (Å²) in [5.41, 5.74) is 1.91. The molecule has 7 nitrogen and oxygen atoms in total. The standard InChI is InChI=1S/C16H16N4O3S/c1-3-23-15(21)13-14-12(4-5-24-14)19-16(20-13)18-8-10-6-11(22-2)9-17-7-10/h4-7,9H,3,8H2,1-2H3,(H,18,19,20). The zero-order valence-electron chi connectivity index (χ0n) is 13.3. The number of thiophene rings is 1. The molecule has 8 heteroatoms. The molecule has 0 atom stereocenters. The molecule has 3 aromatic rings. The van der Waals surface area contributed by atoms with Crippen molar-refractivity contribution in [2.45, 2.75) is 13.5 Å². The summed E-state index contributed by atoms with van der Waals surface area (Å²) in [7, 11) is 1.59. The van der Waals surface area contributed by atoms with Crippen LogP contribution in [0.4, 0.5) is 5.95 Å². The molecule has 24 heavy (non-hydrogen) atoms. The van der Waals surface area contributed by atoms with Crippen molar-refractivity contribution in [1.82, 2.24) is 15.0 Å². The van der Waals surface area contributed by atoms with Crippen LogP contribution < -0.4 is 10.1 Å². The first-order valence-electron chi connectivity index (χ1n) is 7.35. The number of hydrogen-bond acceptors (Lipinski definition) is 8. The summed E-state index contributed by atoms with van der Waals surface area (Å²) in [6.45, 7) is 2.52. The summed E-state index contributed by atoms with van der Waals surface area (Å²) in [5, 5.41) is 4.98. The second-order valence-electron chi connectivity index (χ2n) is 4.84. The zero-order chi connectivity index (χ0) is 16.9. The predicted octanol–water partition coefficient (Wildman–Crippen LogP) is 2.88. The van der Waals surface area contributed by atoms with Crippen molar-refractivity contribution in [1.29, 1.82) is 0 Å². The first kappa shape index (κ1) is 16.1. The van der Waals surface area contributed by atoms with Gasteiger partial charge in [0.1, 0.15) is 5.75 Å². The van der Waals surface area contributed by atoms with Gasteiger partial charge in [-0.3, -0.25) is 4.98 Å². The van der Waals surface area contributed by atoms with Gasteiger partial charge in [0.25, 0.3) is 0 Å². The van der Waals surface area contributed by atoms with Gasteiger partial charge < -0.3 is 14.8 Å². The highest BCUT2D eigenvalue weighted by Gasteiger charge is 2.17. The molecule has 0 aliphatic rings. The average molecular weight is 344 g/mol. The number of anilines is 1. The zero-order valence-corrected chi connectivity index (χ0v) is 14.1. The number of carbonyl (C=O) groups is 1. The van der Waals surface area contributed by atoms with E-state index in [1.807, 2.05) is 17.5 Å². The van der Waals surface area contributed by atoms with Gasteiger partial charge in [-0.05, 0) is 30.0 Å². The Morgan fingerprint density at radius 1 is 1.33 bits per heavy atom. The van der Waals surface area contributed by atoms with E-state index >= 15 is 0 Å². The molecule has 124 valence electrons. The Morgan fingerprint density at radius 2 is 2.21 bits per heavy atom. The molecule has 3 rings (SSSR count). The van der Waals surface area contributed by atoms with Gasteiger partial charge in [-0.15, -0.1) is 11.3 Å². The Morgan fingerprint density at radius 3 is 3.00 bits per heavy atom. The maximum Gasteiger partial charge on any atom is 0.358 e. The normalized spacial score (nSPS) is 10.6. The Labute approximate surface area is 142 Å². The van der Waals surface area contributed by atoms with E-state index in [-0.39, 0.29) is 5.69 Å². The number of esters is 1. The molecular formula is C16H16N4O3S. The lowest BCUT2D eigenvalue weighted by Gasteiger charge is -2.08. The lowest BCUT2D eigenvalue weighted by Crippen LogP contribution is -2.11. The van der Waals surface area contributed by atoms with Gasteiger partial charge in [-0.2, -0.15) is 0 Å². The van der Waals surface area contributed by atoms with E-state index in [1.165, 1.54) is 11.3 Å². The highest BCUT2D eigenvalue weighted by Crippen LogP contribution is 2.24. The van der Waals surface area contributed by atoms with Crippen LogP contribution in [-0.4, -0.2) is 34.6 Å². The molecule has 3 heterocycles. The second kappa shape index (κ2) is 7.22. The first-order chi connectivity index (χ1) is 11.7. The lowest BCUT2D eigenvalue weighted by atomic mass is 10.3. The summed E-state index contributed by atoms with van der Waals surface area (Å²) in [6, 6.07) is 3.72.